The third kappa shape index (κ3) is 2.39. The molecule has 0 spiro atoms. The van der Waals surface area contributed by atoms with Crippen molar-refractivity contribution in [3.63, 3.8) is 0 Å². The number of halogens is 1. The molecule has 1 atom stereocenters. The fraction of sp³-hybridized carbons (Fsp3) is 0.615. The number of methoxy groups -OCH3 is 1. The molecule has 5 nitrogen and oxygen atoms in total. The van der Waals surface area contributed by atoms with Crippen LogP contribution in [0.2, 0.25) is 0 Å². The van der Waals surface area contributed by atoms with Crippen LogP contribution in [0.5, 0.6) is 0 Å². The number of nitrogens with zero attached hydrogens (tertiary/aromatic N) is 3. The Hall–Kier alpha value is -1.72. The average molecular weight is 267 g/mol. The van der Waals surface area contributed by atoms with Crippen LogP contribution in [0.15, 0.2) is 12.4 Å². The third-order valence-corrected chi connectivity index (χ3v) is 4.06. The van der Waals surface area contributed by atoms with E-state index in [1.807, 2.05) is 18.7 Å². The van der Waals surface area contributed by atoms with Gasteiger partial charge < -0.3 is 9.64 Å². The average Bonchev–Trinajstić information content (AvgIpc) is 2.38. The quantitative estimate of drug-likeness (QED) is 0.776. The summed E-state index contributed by atoms with van der Waals surface area (Å²) in [7, 11) is 1.41. The van der Waals surface area contributed by atoms with Gasteiger partial charge in [-0.1, -0.05) is 6.92 Å². The van der Waals surface area contributed by atoms with E-state index in [0.717, 1.165) is 18.8 Å². The van der Waals surface area contributed by atoms with Crippen molar-refractivity contribution >= 4 is 11.9 Å². The van der Waals surface area contributed by atoms with E-state index >= 15 is 0 Å². The van der Waals surface area contributed by atoms with Gasteiger partial charge in [-0.05, 0) is 13.3 Å². The van der Waals surface area contributed by atoms with Gasteiger partial charge in [-0.25, -0.2) is 14.4 Å². The van der Waals surface area contributed by atoms with E-state index in [0.29, 0.717) is 19.0 Å². The predicted molar refractivity (Wildman–Crippen MR) is 68.1 cm³/mol. The molecule has 1 aromatic heterocycles. The summed E-state index contributed by atoms with van der Waals surface area (Å²) in [5, 5.41) is 0. The molecule has 104 valence electrons. The zero-order valence-electron chi connectivity index (χ0n) is 11.4. The Labute approximate surface area is 111 Å². The first kappa shape index (κ1) is 13.7. The standard InChI is InChI=1S/C13H18FN3O2/c1-4-13(2,11(18)19-3)9-7-17(8-9)12-15-5-10(14)6-16-12/h5-6,9H,4,7-8H2,1-3H3. The second-order valence-electron chi connectivity index (χ2n) is 5.07. The van der Waals surface area contributed by atoms with Crippen molar-refractivity contribution < 1.29 is 13.9 Å². The molecule has 1 unspecified atom stereocenters. The van der Waals surface area contributed by atoms with Gasteiger partial charge >= 0.3 is 5.97 Å². The summed E-state index contributed by atoms with van der Waals surface area (Å²) in [5.41, 5.74) is -0.481. The van der Waals surface area contributed by atoms with Crippen molar-refractivity contribution in [2.45, 2.75) is 20.3 Å². The monoisotopic (exact) mass is 267 g/mol. The maximum atomic E-state index is 12.7. The fourth-order valence-electron chi connectivity index (χ4n) is 2.35. The Kier molecular flexibility index (Phi) is 3.68. The van der Waals surface area contributed by atoms with Crippen molar-refractivity contribution in [3.05, 3.63) is 18.2 Å². The van der Waals surface area contributed by atoms with Gasteiger partial charge in [0, 0.05) is 19.0 Å². The zero-order valence-corrected chi connectivity index (χ0v) is 11.4. The third-order valence-electron chi connectivity index (χ3n) is 4.06. The zero-order chi connectivity index (χ0) is 14.0. The van der Waals surface area contributed by atoms with Crippen LogP contribution in [0.25, 0.3) is 0 Å². The van der Waals surface area contributed by atoms with Gasteiger partial charge in [-0.3, -0.25) is 4.79 Å². The molecule has 0 aromatic carbocycles. The summed E-state index contributed by atoms with van der Waals surface area (Å²) >= 11 is 0. The minimum absolute atomic E-state index is 0.181. The molecule has 1 saturated heterocycles. The summed E-state index contributed by atoms with van der Waals surface area (Å²) in [6.45, 7) is 5.27. The van der Waals surface area contributed by atoms with Crippen LogP contribution in [0.4, 0.5) is 10.3 Å². The van der Waals surface area contributed by atoms with Crippen LogP contribution < -0.4 is 4.90 Å². The lowest BCUT2D eigenvalue weighted by Crippen LogP contribution is -2.56. The van der Waals surface area contributed by atoms with E-state index in [9.17, 15) is 9.18 Å². The van der Waals surface area contributed by atoms with Crippen molar-refractivity contribution in [3.8, 4) is 0 Å². The largest absolute Gasteiger partial charge is 0.469 e. The first-order valence-electron chi connectivity index (χ1n) is 6.32. The van der Waals surface area contributed by atoms with E-state index in [2.05, 4.69) is 9.97 Å². The number of carbonyl (C=O) groups excluding carboxylic acids is 1. The molecule has 1 aliphatic rings. The van der Waals surface area contributed by atoms with E-state index in [1.54, 1.807) is 0 Å². The molecule has 0 saturated carbocycles. The molecular weight excluding hydrogens is 249 g/mol. The van der Waals surface area contributed by atoms with Crippen LogP contribution in [-0.2, 0) is 9.53 Å². The summed E-state index contributed by atoms with van der Waals surface area (Å²) in [5.74, 6) is 0.0769. The first-order chi connectivity index (χ1) is 9.01. The Morgan fingerprint density at radius 1 is 1.53 bits per heavy atom. The second-order valence-corrected chi connectivity index (χ2v) is 5.07. The minimum atomic E-state index is -0.481. The molecule has 19 heavy (non-hydrogen) atoms. The Balaban J connectivity index is 2.02. The molecular formula is C13H18FN3O2. The first-order valence-corrected chi connectivity index (χ1v) is 6.32. The van der Waals surface area contributed by atoms with Crippen LogP contribution in [-0.4, -0.2) is 36.1 Å². The van der Waals surface area contributed by atoms with Crippen LogP contribution in [0.3, 0.4) is 0 Å². The second kappa shape index (κ2) is 5.11. The fourth-order valence-corrected chi connectivity index (χ4v) is 2.35. The smallest absolute Gasteiger partial charge is 0.311 e. The summed E-state index contributed by atoms with van der Waals surface area (Å²) < 4.78 is 17.6. The number of hydrogen-bond donors (Lipinski definition) is 0. The molecule has 0 N–H and O–H groups in total. The molecule has 2 rings (SSSR count). The number of hydrogen-bond acceptors (Lipinski definition) is 5. The predicted octanol–water partition coefficient (Wildman–Crippen LogP) is 1.64. The highest BCUT2D eigenvalue weighted by Crippen LogP contribution is 2.39. The van der Waals surface area contributed by atoms with Crippen molar-refractivity contribution in [2.24, 2.45) is 11.3 Å². The van der Waals surface area contributed by atoms with Gasteiger partial charge in [0.15, 0.2) is 5.82 Å². The molecule has 0 radical (unpaired) electrons. The van der Waals surface area contributed by atoms with Crippen LogP contribution in [0, 0.1) is 17.2 Å². The lowest BCUT2D eigenvalue weighted by molar-refractivity contribution is -0.156. The highest BCUT2D eigenvalue weighted by molar-refractivity contribution is 5.77. The molecule has 6 heteroatoms. The topological polar surface area (TPSA) is 55.3 Å². The van der Waals surface area contributed by atoms with Crippen LogP contribution >= 0.6 is 0 Å². The molecule has 0 amide bonds. The lowest BCUT2D eigenvalue weighted by atomic mass is 9.71. The number of aromatic nitrogens is 2. The molecule has 1 aliphatic heterocycles. The van der Waals surface area contributed by atoms with Gasteiger partial charge in [0.2, 0.25) is 5.95 Å². The van der Waals surface area contributed by atoms with Crippen molar-refractivity contribution in [2.75, 3.05) is 25.1 Å². The van der Waals surface area contributed by atoms with Crippen molar-refractivity contribution in [1.82, 2.24) is 9.97 Å². The van der Waals surface area contributed by atoms with Crippen molar-refractivity contribution in [1.29, 1.82) is 0 Å². The number of anilines is 1. The molecule has 0 aliphatic carbocycles. The van der Waals surface area contributed by atoms with Gasteiger partial charge in [0.25, 0.3) is 0 Å². The highest BCUT2D eigenvalue weighted by Gasteiger charge is 2.47. The summed E-state index contributed by atoms with van der Waals surface area (Å²) in [6, 6.07) is 0. The minimum Gasteiger partial charge on any atom is -0.469 e. The lowest BCUT2D eigenvalue weighted by Gasteiger charge is -2.47. The van der Waals surface area contributed by atoms with E-state index in [1.165, 1.54) is 7.11 Å². The Bertz CT molecular complexity index is 459. The Morgan fingerprint density at radius 2 is 2.11 bits per heavy atom. The number of rotatable bonds is 4. The van der Waals surface area contributed by atoms with E-state index in [4.69, 9.17) is 4.74 Å². The number of esters is 1. The molecule has 1 aromatic rings. The maximum absolute atomic E-state index is 12.7. The summed E-state index contributed by atoms with van der Waals surface area (Å²) in [6.07, 6.45) is 3.02. The maximum Gasteiger partial charge on any atom is 0.311 e. The van der Waals surface area contributed by atoms with Gasteiger partial charge in [-0.2, -0.15) is 0 Å². The molecule has 2 heterocycles. The molecule has 0 bridgehead atoms. The Morgan fingerprint density at radius 3 is 2.58 bits per heavy atom. The van der Waals surface area contributed by atoms with E-state index in [-0.39, 0.29) is 11.9 Å². The van der Waals surface area contributed by atoms with Crippen LogP contribution in [0.1, 0.15) is 20.3 Å². The normalized spacial score (nSPS) is 18.6. The molecule has 1 fully saturated rings. The SMILES string of the molecule is CCC(C)(C(=O)OC)C1CN(c2ncc(F)cn2)C1. The van der Waals surface area contributed by atoms with Gasteiger partial charge in [0.1, 0.15) is 0 Å². The van der Waals surface area contributed by atoms with E-state index < -0.39 is 11.2 Å². The van der Waals surface area contributed by atoms with Gasteiger partial charge in [-0.15, -0.1) is 0 Å². The number of carbonyl (C=O) groups is 1. The van der Waals surface area contributed by atoms with Gasteiger partial charge in [0.05, 0.1) is 24.9 Å². The number of ether oxygens (including phenoxy) is 1. The highest BCUT2D eigenvalue weighted by atomic mass is 19.1. The summed E-state index contributed by atoms with van der Waals surface area (Å²) in [4.78, 5) is 21.7.